The molecule has 0 radical (unpaired) electrons. The molecule has 0 spiro atoms. The topological polar surface area (TPSA) is 20.2 Å². The molecule has 118 valence electrons. The Morgan fingerprint density at radius 2 is 2.05 bits per heavy atom. The smallest absolute Gasteiger partial charge is 0.0487 e. The molecule has 0 aromatic heterocycles. The molecule has 1 heteroatoms. The van der Waals surface area contributed by atoms with Crippen molar-refractivity contribution in [2.45, 2.75) is 65.7 Å². The number of hydrogen-bond donors (Lipinski definition) is 1. The molecule has 1 N–H and O–H groups in total. The van der Waals surface area contributed by atoms with Gasteiger partial charge in [-0.1, -0.05) is 44.9 Å². The predicted octanol–water partition coefficient (Wildman–Crippen LogP) is 5.11. The lowest BCUT2D eigenvalue weighted by atomic mass is 9.46. The standard InChI is InChI=1S/C20H32O/c1-5-18(2)12-9-16-15(13-18)7-8-17-19(3,14-21)10-6-11-20(16,17)4/h5,9,15,17,21H,1,6-8,10-14H2,2-4H3/t15-,17-,18-,19-,20+/m0/s1. The minimum absolute atomic E-state index is 0.137. The Hall–Kier alpha value is -0.560. The van der Waals surface area contributed by atoms with Gasteiger partial charge in [-0.05, 0) is 66.6 Å². The lowest BCUT2D eigenvalue weighted by molar-refractivity contribution is -0.0558. The third-order valence-electron chi connectivity index (χ3n) is 7.31. The Balaban J connectivity index is 1.96. The molecule has 0 aromatic rings. The van der Waals surface area contributed by atoms with Crippen LogP contribution in [0.5, 0.6) is 0 Å². The maximum atomic E-state index is 9.99. The summed E-state index contributed by atoms with van der Waals surface area (Å²) in [6, 6.07) is 0. The quantitative estimate of drug-likeness (QED) is 0.700. The highest BCUT2D eigenvalue weighted by molar-refractivity contribution is 5.28. The summed E-state index contributed by atoms with van der Waals surface area (Å²) in [5, 5.41) is 9.99. The third-order valence-corrected chi connectivity index (χ3v) is 7.31. The highest BCUT2D eigenvalue weighted by Gasteiger charge is 2.54. The number of allylic oxidation sites excluding steroid dienone is 3. The number of fused-ring (bicyclic) bond motifs is 3. The van der Waals surface area contributed by atoms with Gasteiger partial charge in [0.2, 0.25) is 0 Å². The fourth-order valence-electron chi connectivity index (χ4n) is 5.94. The Bertz CT molecular complexity index is 464. The van der Waals surface area contributed by atoms with Crippen LogP contribution in [0, 0.1) is 28.1 Å². The molecule has 1 nitrogen and oxygen atoms in total. The summed E-state index contributed by atoms with van der Waals surface area (Å²) in [5.74, 6) is 1.42. The van der Waals surface area contributed by atoms with Crippen LogP contribution < -0.4 is 0 Å². The maximum absolute atomic E-state index is 9.99. The summed E-state index contributed by atoms with van der Waals surface area (Å²) < 4.78 is 0. The van der Waals surface area contributed by atoms with Crippen molar-refractivity contribution in [3.63, 3.8) is 0 Å². The molecule has 2 fully saturated rings. The summed E-state index contributed by atoms with van der Waals surface area (Å²) in [4.78, 5) is 0. The molecule has 0 unspecified atom stereocenters. The van der Waals surface area contributed by atoms with Gasteiger partial charge >= 0.3 is 0 Å². The summed E-state index contributed by atoms with van der Waals surface area (Å²) in [6.07, 6.45) is 13.6. The van der Waals surface area contributed by atoms with Crippen molar-refractivity contribution < 1.29 is 5.11 Å². The largest absolute Gasteiger partial charge is 0.396 e. The lowest BCUT2D eigenvalue weighted by Gasteiger charge is -2.59. The third kappa shape index (κ3) is 2.23. The Labute approximate surface area is 130 Å². The molecular weight excluding hydrogens is 256 g/mol. The summed E-state index contributed by atoms with van der Waals surface area (Å²) in [7, 11) is 0. The van der Waals surface area contributed by atoms with Gasteiger partial charge in [-0.2, -0.15) is 0 Å². The van der Waals surface area contributed by atoms with E-state index < -0.39 is 0 Å². The van der Waals surface area contributed by atoms with Crippen LogP contribution >= 0.6 is 0 Å². The highest BCUT2D eigenvalue weighted by atomic mass is 16.3. The van der Waals surface area contributed by atoms with Crippen molar-refractivity contribution in [3.8, 4) is 0 Å². The highest BCUT2D eigenvalue weighted by Crippen LogP contribution is 2.63. The van der Waals surface area contributed by atoms with Crippen LogP contribution in [-0.2, 0) is 0 Å². The molecule has 3 aliphatic carbocycles. The van der Waals surface area contributed by atoms with Crippen molar-refractivity contribution in [2.75, 3.05) is 6.61 Å². The van der Waals surface area contributed by atoms with E-state index in [0.717, 1.165) is 12.3 Å². The first-order chi connectivity index (χ1) is 9.87. The normalized spacial score (nSPS) is 49.8. The molecule has 0 aliphatic heterocycles. The van der Waals surface area contributed by atoms with E-state index in [1.807, 2.05) is 0 Å². The second-order valence-electron chi connectivity index (χ2n) is 8.84. The van der Waals surface area contributed by atoms with Gasteiger partial charge in [0.15, 0.2) is 0 Å². The van der Waals surface area contributed by atoms with E-state index in [1.54, 1.807) is 5.57 Å². The molecule has 0 bridgehead atoms. The van der Waals surface area contributed by atoms with Gasteiger partial charge in [-0.3, -0.25) is 0 Å². The van der Waals surface area contributed by atoms with Crippen LogP contribution in [-0.4, -0.2) is 11.7 Å². The Morgan fingerprint density at radius 3 is 2.71 bits per heavy atom. The first-order valence-corrected chi connectivity index (χ1v) is 8.82. The zero-order valence-electron chi connectivity index (χ0n) is 14.1. The van der Waals surface area contributed by atoms with Crippen LogP contribution in [0.15, 0.2) is 24.3 Å². The van der Waals surface area contributed by atoms with Gasteiger partial charge < -0.3 is 5.11 Å². The Kier molecular flexibility index (Phi) is 3.64. The van der Waals surface area contributed by atoms with Gasteiger partial charge in [-0.25, -0.2) is 0 Å². The summed E-state index contributed by atoms with van der Waals surface area (Å²) in [6.45, 7) is 11.6. The van der Waals surface area contributed by atoms with Gasteiger partial charge in [-0.15, -0.1) is 6.58 Å². The van der Waals surface area contributed by atoms with Crippen LogP contribution in [0.2, 0.25) is 0 Å². The lowest BCUT2D eigenvalue weighted by Crippen LogP contribution is -2.51. The number of aliphatic hydroxyl groups is 1. The van der Waals surface area contributed by atoms with Crippen molar-refractivity contribution in [1.82, 2.24) is 0 Å². The van der Waals surface area contributed by atoms with Crippen molar-refractivity contribution in [3.05, 3.63) is 24.3 Å². The van der Waals surface area contributed by atoms with Gasteiger partial charge in [0.05, 0.1) is 0 Å². The fraction of sp³-hybridized carbons (Fsp3) is 0.800. The summed E-state index contributed by atoms with van der Waals surface area (Å²) >= 11 is 0. The van der Waals surface area contributed by atoms with Crippen LogP contribution in [0.4, 0.5) is 0 Å². The first-order valence-electron chi connectivity index (χ1n) is 8.82. The van der Waals surface area contributed by atoms with Gasteiger partial charge in [0, 0.05) is 6.61 Å². The molecule has 2 saturated carbocycles. The van der Waals surface area contributed by atoms with E-state index in [-0.39, 0.29) is 5.41 Å². The van der Waals surface area contributed by atoms with E-state index >= 15 is 0 Å². The van der Waals surface area contributed by atoms with Gasteiger partial charge in [0.25, 0.3) is 0 Å². The monoisotopic (exact) mass is 288 g/mol. The van der Waals surface area contributed by atoms with Crippen LogP contribution in [0.3, 0.4) is 0 Å². The number of rotatable bonds is 2. The molecule has 0 aromatic carbocycles. The average molecular weight is 288 g/mol. The molecular formula is C20H32O. The molecule has 0 saturated heterocycles. The summed E-state index contributed by atoms with van der Waals surface area (Å²) in [5.41, 5.74) is 2.50. The van der Waals surface area contributed by atoms with Crippen LogP contribution in [0.25, 0.3) is 0 Å². The average Bonchev–Trinajstić information content (AvgIpc) is 2.46. The van der Waals surface area contributed by atoms with Crippen molar-refractivity contribution in [1.29, 1.82) is 0 Å². The Morgan fingerprint density at radius 1 is 1.29 bits per heavy atom. The van der Waals surface area contributed by atoms with E-state index in [1.165, 1.54) is 38.5 Å². The van der Waals surface area contributed by atoms with Gasteiger partial charge in [0.1, 0.15) is 0 Å². The van der Waals surface area contributed by atoms with E-state index in [0.29, 0.717) is 23.4 Å². The zero-order valence-corrected chi connectivity index (χ0v) is 14.1. The maximum Gasteiger partial charge on any atom is 0.0487 e. The predicted molar refractivity (Wildman–Crippen MR) is 89.0 cm³/mol. The molecule has 21 heavy (non-hydrogen) atoms. The molecule has 0 heterocycles. The number of hydrogen-bond acceptors (Lipinski definition) is 1. The molecule has 5 atom stereocenters. The number of aliphatic hydroxyl groups excluding tert-OH is 1. The van der Waals surface area contributed by atoms with Crippen molar-refractivity contribution in [2.24, 2.45) is 28.1 Å². The van der Waals surface area contributed by atoms with E-state index in [2.05, 4.69) is 39.5 Å². The van der Waals surface area contributed by atoms with E-state index in [4.69, 9.17) is 0 Å². The van der Waals surface area contributed by atoms with Crippen LogP contribution in [0.1, 0.15) is 65.7 Å². The second-order valence-corrected chi connectivity index (χ2v) is 8.84. The minimum Gasteiger partial charge on any atom is -0.396 e. The molecule has 3 rings (SSSR count). The minimum atomic E-state index is 0.137. The second kappa shape index (κ2) is 4.98. The van der Waals surface area contributed by atoms with Crippen molar-refractivity contribution >= 4 is 0 Å². The zero-order chi connectivity index (χ0) is 15.3. The molecule has 3 aliphatic rings. The fourth-order valence-corrected chi connectivity index (χ4v) is 5.94. The SMILES string of the molecule is C=C[C@@]1(C)CC=C2[C@@H](CC[C@H]3[C@](C)(CO)CCC[C@]23C)C1. The first kappa shape index (κ1) is 15.3. The molecule has 0 amide bonds. The van der Waals surface area contributed by atoms with E-state index in [9.17, 15) is 5.11 Å².